The van der Waals surface area contributed by atoms with Crippen molar-refractivity contribution >= 4 is 40.5 Å². The van der Waals surface area contributed by atoms with E-state index in [9.17, 15) is 19.5 Å². The number of benzene rings is 4. The number of aliphatic hydroxyl groups excluding tert-OH is 1. The zero-order chi connectivity index (χ0) is 39.6. The lowest BCUT2D eigenvalue weighted by atomic mass is 9.85. The number of para-hydroxylation sites is 3. The smallest absolute Gasteiger partial charge is 0.247 e. The number of carbonyl (C=O) groups excluding carboxylic acids is 3. The Kier molecular flexibility index (Phi) is 13.2. The van der Waals surface area contributed by atoms with Crippen LogP contribution in [0.15, 0.2) is 103 Å². The fraction of sp³-hybridized carbons (Fsp3) is 0.400. The monoisotopic (exact) mass is 774 g/mol. The van der Waals surface area contributed by atoms with E-state index >= 15 is 0 Å². The summed E-state index contributed by atoms with van der Waals surface area (Å²) in [5.74, 6) is -0.0401. The number of amides is 3. The van der Waals surface area contributed by atoms with Crippen LogP contribution in [0, 0.1) is 0 Å². The van der Waals surface area contributed by atoms with Crippen molar-refractivity contribution in [2.45, 2.75) is 88.4 Å². The topological polar surface area (TPSA) is 158 Å². The first kappa shape index (κ1) is 39.9. The minimum Gasteiger partial charge on any atom is -0.397 e. The zero-order valence-electron chi connectivity index (χ0n) is 32.4. The molecule has 3 atom stereocenters. The Bertz CT molecular complexity index is 1970. The summed E-state index contributed by atoms with van der Waals surface area (Å²) in [6.45, 7) is 2.70. The van der Waals surface area contributed by atoms with E-state index in [1.165, 1.54) is 0 Å². The van der Waals surface area contributed by atoms with Gasteiger partial charge in [0.2, 0.25) is 17.7 Å². The first-order chi connectivity index (χ1) is 27.8. The van der Waals surface area contributed by atoms with Crippen LogP contribution >= 0.6 is 0 Å². The number of anilines is 4. The van der Waals surface area contributed by atoms with Gasteiger partial charge in [-0.2, -0.15) is 0 Å². The van der Waals surface area contributed by atoms with Gasteiger partial charge in [0, 0.05) is 55.8 Å². The van der Waals surface area contributed by atoms with Crippen molar-refractivity contribution in [3.63, 3.8) is 0 Å². The van der Waals surface area contributed by atoms with Crippen LogP contribution < -0.4 is 26.6 Å². The Morgan fingerprint density at radius 1 is 0.807 bits per heavy atom. The fourth-order valence-electron chi connectivity index (χ4n) is 8.19. The van der Waals surface area contributed by atoms with Crippen LogP contribution in [-0.2, 0) is 30.5 Å². The van der Waals surface area contributed by atoms with E-state index in [1.807, 2.05) is 78.9 Å². The zero-order valence-corrected chi connectivity index (χ0v) is 32.4. The molecular formula is C45H54N6O6. The molecule has 7 rings (SSSR count). The van der Waals surface area contributed by atoms with Crippen molar-refractivity contribution in [3.05, 3.63) is 120 Å². The Hall–Kier alpha value is -5.27. The molecule has 57 heavy (non-hydrogen) atoms. The number of hydrogen-bond acceptors (Lipinski definition) is 9. The number of nitrogens with two attached hydrogens (primary N) is 1. The van der Waals surface area contributed by atoms with Gasteiger partial charge in [0.1, 0.15) is 5.54 Å². The van der Waals surface area contributed by atoms with Gasteiger partial charge in [-0.05, 0) is 73.2 Å². The molecule has 12 nitrogen and oxygen atoms in total. The summed E-state index contributed by atoms with van der Waals surface area (Å²) in [7, 11) is 0. The van der Waals surface area contributed by atoms with E-state index in [0.717, 1.165) is 74.0 Å². The van der Waals surface area contributed by atoms with Crippen LogP contribution in [0.2, 0.25) is 0 Å². The molecule has 0 aliphatic carbocycles. The molecule has 0 saturated carbocycles. The standard InChI is InChI=1S/C45H54N6O6/c46-38-15-8-9-16-39(38)49-42(54)18-7-2-1-6-17-41(53)48-35-12-10-11-34(27-35)43-56-37(28-40(57-43)33-21-19-32(30-52)20-22-33)29-50-25-23-45(24-26-50)44(55)47-31-51(45)36-13-4-3-5-14-36/h3-5,8-16,19-22,27,37,40,43,52H,1-2,6-7,17-18,23-26,28-31,46H2,(H,47,55)(H,48,53)(H,49,54)/t37-,40+,43+/m1/s1. The molecule has 0 unspecified atom stereocenters. The van der Waals surface area contributed by atoms with Gasteiger partial charge < -0.3 is 46.1 Å². The van der Waals surface area contributed by atoms with Crippen molar-refractivity contribution in [1.82, 2.24) is 10.2 Å². The first-order valence-electron chi connectivity index (χ1n) is 20.2. The third-order valence-electron chi connectivity index (χ3n) is 11.4. The molecule has 300 valence electrons. The van der Waals surface area contributed by atoms with Gasteiger partial charge >= 0.3 is 0 Å². The lowest BCUT2D eigenvalue weighted by molar-refractivity contribution is -0.253. The van der Waals surface area contributed by atoms with E-state index in [1.54, 1.807) is 12.1 Å². The minimum absolute atomic E-state index is 0.0287. The lowest BCUT2D eigenvalue weighted by Gasteiger charge is -2.45. The number of piperidine rings is 1. The lowest BCUT2D eigenvalue weighted by Crippen LogP contribution is -2.57. The summed E-state index contributed by atoms with van der Waals surface area (Å²) >= 11 is 0. The maximum Gasteiger partial charge on any atom is 0.247 e. The van der Waals surface area contributed by atoms with Crippen LogP contribution in [0.4, 0.5) is 22.7 Å². The highest BCUT2D eigenvalue weighted by atomic mass is 16.7. The molecule has 0 bridgehead atoms. The highest BCUT2D eigenvalue weighted by Gasteiger charge is 2.50. The number of aliphatic hydroxyl groups is 1. The van der Waals surface area contributed by atoms with Crippen molar-refractivity contribution in [3.8, 4) is 0 Å². The summed E-state index contributed by atoms with van der Waals surface area (Å²) in [4.78, 5) is 43.1. The summed E-state index contributed by atoms with van der Waals surface area (Å²) in [6.07, 6.45) is 4.96. The van der Waals surface area contributed by atoms with Gasteiger partial charge in [-0.3, -0.25) is 14.4 Å². The van der Waals surface area contributed by atoms with Crippen LogP contribution in [0.5, 0.6) is 0 Å². The number of carbonyl (C=O) groups is 3. The second-order valence-corrected chi connectivity index (χ2v) is 15.3. The number of nitrogens with one attached hydrogen (secondary N) is 3. The van der Waals surface area contributed by atoms with Crippen LogP contribution in [0.25, 0.3) is 0 Å². The van der Waals surface area contributed by atoms with Gasteiger partial charge in [-0.15, -0.1) is 0 Å². The molecule has 3 saturated heterocycles. The maximum absolute atomic E-state index is 13.3. The highest BCUT2D eigenvalue weighted by Crippen LogP contribution is 2.40. The van der Waals surface area contributed by atoms with Gasteiger partial charge in [0.05, 0.1) is 36.9 Å². The predicted octanol–water partition coefficient (Wildman–Crippen LogP) is 6.65. The third kappa shape index (κ3) is 10.0. The van der Waals surface area contributed by atoms with E-state index in [-0.39, 0.29) is 36.5 Å². The maximum atomic E-state index is 13.3. The number of ether oxygens (including phenoxy) is 2. The summed E-state index contributed by atoms with van der Waals surface area (Å²) in [5, 5.41) is 18.6. The van der Waals surface area contributed by atoms with Crippen LogP contribution in [-0.4, -0.2) is 65.7 Å². The largest absolute Gasteiger partial charge is 0.397 e. The van der Waals surface area contributed by atoms with Crippen molar-refractivity contribution in [1.29, 1.82) is 0 Å². The molecule has 0 aromatic heterocycles. The number of unbranched alkanes of at least 4 members (excludes halogenated alkanes) is 3. The molecule has 12 heteroatoms. The number of likely N-dealkylation sites (tertiary alicyclic amines) is 1. The second kappa shape index (κ2) is 18.8. The fourth-order valence-corrected chi connectivity index (χ4v) is 8.19. The van der Waals surface area contributed by atoms with Crippen LogP contribution in [0.1, 0.15) is 86.9 Å². The quantitative estimate of drug-likeness (QED) is 0.0659. The van der Waals surface area contributed by atoms with E-state index in [4.69, 9.17) is 15.2 Å². The van der Waals surface area contributed by atoms with Crippen molar-refractivity contribution in [2.24, 2.45) is 0 Å². The average Bonchev–Trinajstić information content (AvgIpc) is 3.55. The van der Waals surface area contributed by atoms with E-state index in [0.29, 0.717) is 49.5 Å². The molecule has 3 fully saturated rings. The second-order valence-electron chi connectivity index (χ2n) is 15.3. The first-order valence-corrected chi connectivity index (χ1v) is 20.2. The minimum atomic E-state index is -0.663. The molecule has 4 aromatic rings. The summed E-state index contributed by atoms with van der Waals surface area (Å²) in [6, 6.07) is 32.8. The molecule has 1 spiro atoms. The van der Waals surface area contributed by atoms with E-state index < -0.39 is 11.8 Å². The normalized spacial score (nSPS) is 20.6. The SMILES string of the molecule is Nc1ccccc1NC(=O)CCCCCCC(=O)Nc1cccc([C@H]2O[C@@H](CN3CCC4(CC3)C(=O)NCN4c3ccccc3)C[C@@H](c3ccc(CO)cc3)O2)c1. The van der Waals surface area contributed by atoms with Gasteiger partial charge in [-0.1, -0.05) is 79.6 Å². The number of rotatable bonds is 15. The molecule has 0 radical (unpaired) electrons. The van der Waals surface area contributed by atoms with Gasteiger partial charge in [-0.25, -0.2) is 0 Å². The van der Waals surface area contributed by atoms with Crippen LogP contribution in [0.3, 0.4) is 0 Å². The number of nitrogen functional groups attached to an aromatic ring is 1. The molecule has 3 aliphatic heterocycles. The Balaban J connectivity index is 0.931. The predicted molar refractivity (Wildman–Crippen MR) is 221 cm³/mol. The third-order valence-corrected chi connectivity index (χ3v) is 11.4. The molecular weight excluding hydrogens is 721 g/mol. The van der Waals surface area contributed by atoms with Gasteiger partial charge in [0.15, 0.2) is 6.29 Å². The molecule has 6 N–H and O–H groups in total. The van der Waals surface area contributed by atoms with Crippen molar-refractivity contribution < 1.29 is 29.0 Å². The average molecular weight is 775 g/mol. The molecule has 3 amide bonds. The number of nitrogens with zero attached hydrogens (tertiary/aromatic N) is 2. The Morgan fingerprint density at radius 2 is 1.51 bits per heavy atom. The molecule has 3 heterocycles. The molecule has 4 aromatic carbocycles. The van der Waals surface area contributed by atoms with Crippen molar-refractivity contribution in [2.75, 3.05) is 47.6 Å². The number of hydrogen-bond donors (Lipinski definition) is 5. The highest BCUT2D eigenvalue weighted by molar-refractivity contribution is 5.94. The van der Waals surface area contributed by atoms with E-state index in [2.05, 4.69) is 37.9 Å². The summed E-state index contributed by atoms with van der Waals surface area (Å²) < 4.78 is 13.3. The summed E-state index contributed by atoms with van der Waals surface area (Å²) in [5.41, 5.74) is 10.9. The Morgan fingerprint density at radius 3 is 2.23 bits per heavy atom. The Labute approximate surface area is 334 Å². The molecule has 3 aliphatic rings. The van der Waals surface area contributed by atoms with Gasteiger partial charge in [0.25, 0.3) is 0 Å².